The summed E-state index contributed by atoms with van der Waals surface area (Å²) in [6, 6.07) is 2.56. The highest BCUT2D eigenvalue weighted by Gasteiger charge is 2.26. The quantitative estimate of drug-likeness (QED) is 0.852. The van der Waals surface area contributed by atoms with E-state index in [1.807, 2.05) is 4.68 Å². The van der Waals surface area contributed by atoms with Crippen LogP contribution in [0.1, 0.15) is 50.1 Å². The number of hydrogen-bond acceptors (Lipinski definition) is 4. The van der Waals surface area contributed by atoms with Crippen LogP contribution in [0.4, 0.5) is 11.6 Å². The van der Waals surface area contributed by atoms with Crippen molar-refractivity contribution in [2.75, 3.05) is 17.6 Å². The zero-order valence-corrected chi connectivity index (χ0v) is 10.5. The molecule has 0 amide bonds. The maximum Gasteiger partial charge on any atom is 0.168 e. The summed E-state index contributed by atoms with van der Waals surface area (Å²) in [5.41, 5.74) is 6.57. The maximum atomic E-state index is 9.21. The molecule has 5 heteroatoms. The van der Waals surface area contributed by atoms with Crippen LogP contribution in [0, 0.1) is 17.2 Å². The summed E-state index contributed by atoms with van der Waals surface area (Å²) in [6.07, 6.45) is 7.28. The van der Waals surface area contributed by atoms with Crippen LogP contribution in [-0.4, -0.2) is 16.3 Å². The Balaban J connectivity index is 1.83. The van der Waals surface area contributed by atoms with Crippen LogP contribution < -0.4 is 11.1 Å². The predicted octanol–water partition coefficient (Wildman–Crippen LogP) is 2.27. The predicted molar refractivity (Wildman–Crippen MR) is 70.1 cm³/mol. The number of anilines is 2. The van der Waals surface area contributed by atoms with E-state index in [-0.39, 0.29) is 0 Å². The first-order valence-corrected chi connectivity index (χ1v) is 6.81. The van der Waals surface area contributed by atoms with Crippen LogP contribution in [0.15, 0.2) is 0 Å². The lowest BCUT2D eigenvalue weighted by atomic mass is 10.2. The molecule has 1 aromatic rings. The molecule has 18 heavy (non-hydrogen) atoms. The molecule has 5 nitrogen and oxygen atoms in total. The second-order valence-electron chi connectivity index (χ2n) is 5.43. The summed E-state index contributed by atoms with van der Waals surface area (Å²) in [5, 5.41) is 17.0. The lowest BCUT2D eigenvalue weighted by molar-refractivity contribution is 0.474. The average Bonchev–Trinajstić information content (AvgIpc) is 2.93. The number of nitrogens with zero attached hydrogens (tertiary/aromatic N) is 3. The Kier molecular flexibility index (Phi) is 2.86. The Bertz CT molecular complexity index is 474. The molecule has 1 aromatic heterocycles. The minimum Gasteiger partial charge on any atom is -0.383 e. The van der Waals surface area contributed by atoms with Gasteiger partial charge in [-0.1, -0.05) is 12.8 Å². The van der Waals surface area contributed by atoms with Crippen LogP contribution in [-0.2, 0) is 0 Å². The number of rotatable bonds is 4. The van der Waals surface area contributed by atoms with Crippen molar-refractivity contribution in [1.29, 1.82) is 5.26 Å². The first kappa shape index (κ1) is 11.4. The van der Waals surface area contributed by atoms with Crippen molar-refractivity contribution in [2.45, 2.75) is 44.6 Å². The Labute approximate surface area is 107 Å². The summed E-state index contributed by atoms with van der Waals surface area (Å²) >= 11 is 0. The fourth-order valence-electron chi connectivity index (χ4n) is 2.67. The molecular formula is C13H19N5. The van der Waals surface area contributed by atoms with Crippen molar-refractivity contribution in [3.63, 3.8) is 0 Å². The largest absolute Gasteiger partial charge is 0.383 e. The smallest absolute Gasteiger partial charge is 0.168 e. The first-order chi connectivity index (χ1) is 8.79. The van der Waals surface area contributed by atoms with E-state index in [1.54, 1.807) is 0 Å². The molecule has 2 aliphatic rings. The van der Waals surface area contributed by atoms with Gasteiger partial charge in [0.05, 0.1) is 6.04 Å². The molecule has 96 valence electrons. The van der Waals surface area contributed by atoms with Gasteiger partial charge in [-0.25, -0.2) is 4.68 Å². The molecule has 2 saturated carbocycles. The van der Waals surface area contributed by atoms with Gasteiger partial charge in [-0.2, -0.15) is 10.4 Å². The van der Waals surface area contributed by atoms with Crippen LogP contribution in [0.2, 0.25) is 0 Å². The monoisotopic (exact) mass is 245 g/mol. The topological polar surface area (TPSA) is 79.7 Å². The van der Waals surface area contributed by atoms with E-state index < -0.39 is 0 Å². The molecule has 2 aliphatic carbocycles. The summed E-state index contributed by atoms with van der Waals surface area (Å²) in [7, 11) is 0. The van der Waals surface area contributed by atoms with E-state index in [9.17, 15) is 5.26 Å². The average molecular weight is 245 g/mol. The molecule has 3 N–H and O–H groups in total. The van der Waals surface area contributed by atoms with Gasteiger partial charge in [0.15, 0.2) is 5.82 Å². The fourth-order valence-corrected chi connectivity index (χ4v) is 2.67. The summed E-state index contributed by atoms with van der Waals surface area (Å²) in [4.78, 5) is 0. The summed E-state index contributed by atoms with van der Waals surface area (Å²) in [6.45, 7) is 0.913. The molecule has 0 radical (unpaired) electrons. The number of nitrogens with two attached hydrogens (primary N) is 1. The van der Waals surface area contributed by atoms with Gasteiger partial charge >= 0.3 is 0 Å². The minimum absolute atomic E-state index is 0.383. The van der Waals surface area contributed by atoms with Crippen molar-refractivity contribution in [1.82, 2.24) is 9.78 Å². The van der Waals surface area contributed by atoms with E-state index in [0.717, 1.165) is 25.3 Å². The van der Waals surface area contributed by atoms with Gasteiger partial charge in [-0.15, -0.1) is 0 Å². The second-order valence-corrected chi connectivity index (χ2v) is 5.43. The Morgan fingerprint density at radius 1 is 1.33 bits per heavy atom. The third kappa shape index (κ3) is 2.03. The molecule has 0 unspecified atom stereocenters. The van der Waals surface area contributed by atoms with E-state index in [2.05, 4.69) is 16.5 Å². The van der Waals surface area contributed by atoms with Crippen molar-refractivity contribution < 1.29 is 0 Å². The van der Waals surface area contributed by atoms with Gasteiger partial charge in [-0.3, -0.25) is 0 Å². The van der Waals surface area contributed by atoms with Gasteiger partial charge < -0.3 is 11.1 Å². The van der Waals surface area contributed by atoms with Crippen LogP contribution in [0.5, 0.6) is 0 Å². The number of aromatic nitrogens is 2. The Hall–Kier alpha value is -1.70. The van der Waals surface area contributed by atoms with Gasteiger partial charge in [0, 0.05) is 6.54 Å². The van der Waals surface area contributed by atoms with Gasteiger partial charge in [0.2, 0.25) is 0 Å². The first-order valence-electron chi connectivity index (χ1n) is 6.81. The SMILES string of the molecule is N#Cc1c(NCC2CC2)nn(C2CCCC2)c1N. The van der Waals surface area contributed by atoms with Crippen molar-refractivity contribution in [3.05, 3.63) is 5.56 Å². The molecule has 0 saturated heterocycles. The highest BCUT2D eigenvalue weighted by molar-refractivity contribution is 5.64. The number of hydrogen-bond donors (Lipinski definition) is 2. The third-order valence-electron chi connectivity index (χ3n) is 3.98. The summed E-state index contributed by atoms with van der Waals surface area (Å²) in [5.74, 6) is 1.96. The highest BCUT2D eigenvalue weighted by atomic mass is 15.4. The lowest BCUT2D eigenvalue weighted by Gasteiger charge is -2.11. The minimum atomic E-state index is 0.383. The standard InChI is InChI=1S/C13H19N5/c14-7-11-12(15)18(10-3-1-2-4-10)17-13(11)16-8-9-5-6-9/h9-10H,1-6,8,15H2,(H,16,17). The maximum absolute atomic E-state index is 9.21. The second kappa shape index (κ2) is 4.52. The number of nitrogens with one attached hydrogen (secondary N) is 1. The van der Waals surface area contributed by atoms with Gasteiger partial charge in [-0.05, 0) is 31.6 Å². The van der Waals surface area contributed by atoms with Gasteiger partial charge in [0.25, 0.3) is 0 Å². The highest BCUT2D eigenvalue weighted by Crippen LogP contribution is 2.34. The van der Waals surface area contributed by atoms with E-state index in [4.69, 9.17) is 5.73 Å². The zero-order chi connectivity index (χ0) is 12.5. The van der Waals surface area contributed by atoms with Crippen LogP contribution >= 0.6 is 0 Å². The third-order valence-corrected chi connectivity index (χ3v) is 3.98. The van der Waals surface area contributed by atoms with E-state index >= 15 is 0 Å². The molecule has 0 aliphatic heterocycles. The molecule has 1 heterocycles. The molecular weight excluding hydrogens is 226 g/mol. The molecule has 3 rings (SSSR count). The zero-order valence-electron chi connectivity index (χ0n) is 10.5. The molecule has 0 spiro atoms. The molecule has 0 aromatic carbocycles. The molecule has 0 bridgehead atoms. The van der Waals surface area contributed by atoms with Crippen LogP contribution in [0.25, 0.3) is 0 Å². The Morgan fingerprint density at radius 2 is 2.06 bits per heavy atom. The number of nitriles is 1. The normalized spacial score (nSPS) is 19.9. The number of nitrogen functional groups attached to an aromatic ring is 1. The van der Waals surface area contributed by atoms with Crippen molar-refractivity contribution in [2.24, 2.45) is 5.92 Å². The van der Waals surface area contributed by atoms with E-state index in [0.29, 0.717) is 23.2 Å². The lowest BCUT2D eigenvalue weighted by Crippen LogP contribution is -2.10. The van der Waals surface area contributed by atoms with E-state index in [1.165, 1.54) is 25.7 Å². The summed E-state index contributed by atoms with van der Waals surface area (Å²) < 4.78 is 1.86. The van der Waals surface area contributed by atoms with Gasteiger partial charge in [0.1, 0.15) is 17.5 Å². The van der Waals surface area contributed by atoms with Crippen molar-refractivity contribution >= 4 is 11.6 Å². The molecule has 0 atom stereocenters. The fraction of sp³-hybridized carbons (Fsp3) is 0.692. The Morgan fingerprint density at radius 3 is 2.67 bits per heavy atom. The van der Waals surface area contributed by atoms with Crippen LogP contribution in [0.3, 0.4) is 0 Å². The molecule has 2 fully saturated rings. The van der Waals surface area contributed by atoms with Crippen molar-refractivity contribution in [3.8, 4) is 6.07 Å².